The van der Waals surface area contributed by atoms with Crippen LogP contribution in [0.15, 0.2) is 47.8 Å². The lowest BCUT2D eigenvalue weighted by molar-refractivity contribution is 0.610. The maximum atomic E-state index is 13.7. The summed E-state index contributed by atoms with van der Waals surface area (Å²) in [4.78, 5) is 4.02. The van der Waals surface area contributed by atoms with Gasteiger partial charge in [0.25, 0.3) is 0 Å². The number of halogens is 2. The van der Waals surface area contributed by atoms with Crippen LogP contribution in [-0.4, -0.2) is 19.9 Å². The van der Waals surface area contributed by atoms with E-state index in [1.54, 1.807) is 30.5 Å². The first-order chi connectivity index (χ1) is 11.1. The molecule has 0 aliphatic heterocycles. The lowest BCUT2D eigenvalue weighted by atomic mass is 10.1. The van der Waals surface area contributed by atoms with Crippen molar-refractivity contribution in [2.45, 2.75) is 17.3 Å². The average Bonchev–Trinajstić information content (AvgIpc) is 2.90. The van der Waals surface area contributed by atoms with Crippen LogP contribution in [0.25, 0.3) is 0 Å². The number of thioether (sulfide) groups is 1. The minimum absolute atomic E-state index is 0.281. The van der Waals surface area contributed by atoms with Gasteiger partial charge in [-0.3, -0.25) is 0 Å². The van der Waals surface area contributed by atoms with Gasteiger partial charge in [0.05, 0.1) is 0 Å². The molecule has 23 heavy (non-hydrogen) atoms. The SMILES string of the molecule is Nn1c(Cc2ccccc2F)nnc1SCc1ccc(Cl)nc1. The number of nitrogens with two attached hydrogens (primary N) is 1. The first kappa shape index (κ1) is 15.8. The van der Waals surface area contributed by atoms with Crippen LogP contribution in [0.4, 0.5) is 4.39 Å². The van der Waals surface area contributed by atoms with Crippen molar-refractivity contribution in [3.63, 3.8) is 0 Å². The Bertz CT molecular complexity index is 806. The molecule has 5 nitrogen and oxygen atoms in total. The van der Waals surface area contributed by atoms with E-state index in [2.05, 4.69) is 15.2 Å². The summed E-state index contributed by atoms with van der Waals surface area (Å²) >= 11 is 7.18. The Hall–Kier alpha value is -2.12. The molecule has 1 aromatic carbocycles. The van der Waals surface area contributed by atoms with E-state index >= 15 is 0 Å². The predicted molar refractivity (Wildman–Crippen MR) is 88.2 cm³/mol. The molecule has 0 saturated heterocycles. The van der Waals surface area contributed by atoms with Crippen LogP contribution < -0.4 is 5.84 Å². The summed E-state index contributed by atoms with van der Waals surface area (Å²) in [7, 11) is 0. The molecule has 0 aliphatic rings. The molecule has 0 fully saturated rings. The van der Waals surface area contributed by atoms with E-state index in [-0.39, 0.29) is 5.82 Å². The molecule has 2 aromatic heterocycles. The number of benzene rings is 1. The van der Waals surface area contributed by atoms with Gasteiger partial charge in [0.1, 0.15) is 11.0 Å². The smallest absolute Gasteiger partial charge is 0.210 e. The largest absolute Gasteiger partial charge is 0.336 e. The zero-order chi connectivity index (χ0) is 16.2. The van der Waals surface area contributed by atoms with Gasteiger partial charge in [-0.05, 0) is 23.3 Å². The van der Waals surface area contributed by atoms with Crippen LogP contribution in [0.2, 0.25) is 5.15 Å². The quantitative estimate of drug-likeness (QED) is 0.435. The van der Waals surface area contributed by atoms with Crippen molar-refractivity contribution >= 4 is 23.4 Å². The van der Waals surface area contributed by atoms with E-state index in [0.717, 1.165) is 5.56 Å². The zero-order valence-corrected chi connectivity index (χ0v) is 13.6. The molecule has 0 bridgehead atoms. The van der Waals surface area contributed by atoms with E-state index in [1.165, 1.54) is 22.5 Å². The predicted octanol–water partition coefficient (Wildman–Crippen LogP) is 3.06. The van der Waals surface area contributed by atoms with Crippen molar-refractivity contribution < 1.29 is 4.39 Å². The van der Waals surface area contributed by atoms with E-state index < -0.39 is 0 Å². The van der Waals surface area contributed by atoms with Crippen LogP contribution in [0.3, 0.4) is 0 Å². The number of nitrogen functional groups attached to an aromatic ring is 1. The second kappa shape index (κ2) is 6.97. The molecular weight excluding hydrogens is 337 g/mol. The highest BCUT2D eigenvalue weighted by Crippen LogP contribution is 2.21. The van der Waals surface area contributed by atoms with Gasteiger partial charge in [-0.25, -0.2) is 14.1 Å². The van der Waals surface area contributed by atoms with Gasteiger partial charge in [-0.1, -0.05) is 47.6 Å². The minimum atomic E-state index is -0.281. The molecule has 0 saturated carbocycles. The number of nitrogens with zero attached hydrogens (tertiary/aromatic N) is 4. The van der Waals surface area contributed by atoms with E-state index in [0.29, 0.717) is 33.9 Å². The summed E-state index contributed by atoms with van der Waals surface area (Å²) in [5.41, 5.74) is 1.53. The first-order valence-corrected chi connectivity index (χ1v) is 8.16. The van der Waals surface area contributed by atoms with E-state index in [9.17, 15) is 4.39 Å². The number of pyridine rings is 1. The second-order valence-electron chi connectivity index (χ2n) is 4.81. The average molecular weight is 350 g/mol. The normalized spacial score (nSPS) is 10.9. The van der Waals surface area contributed by atoms with Gasteiger partial charge < -0.3 is 5.84 Å². The molecule has 2 N–H and O–H groups in total. The zero-order valence-electron chi connectivity index (χ0n) is 12.0. The highest BCUT2D eigenvalue weighted by molar-refractivity contribution is 7.98. The van der Waals surface area contributed by atoms with Gasteiger partial charge in [0, 0.05) is 18.4 Å². The summed E-state index contributed by atoms with van der Waals surface area (Å²) < 4.78 is 15.1. The minimum Gasteiger partial charge on any atom is -0.336 e. The number of aromatic nitrogens is 4. The van der Waals surface area contributed by atoms with Crippen molar-refractivity contribution in [3.8, 4) is 0 Å². The maximum absolute atomic E-state index is 13.7. The molecule has 0 spiro atoms. The lowest BCUT2D eigenvalue weighted by Crippen LogP contribution is -2.14. The third-order valence-electron chi connectivity index (χ3n) is 3.20. The number of hydrogen-bond donors (Lipinski definition) is 1. The molecule has 8 heteroatoms. The molecule has 2 heterocycles. The Morgan fingerprint density at radius 2 is 2.00 bits per heavy atom. The molecule has 0 unspecified atom stereocenters. The monoisotopic (exact) mass is 349 g/mol. The van der Waals surface area contributed by atoms with Crippen molar-refractivity contribution in [1.82, 2.24) is 19.9 Å². The Kier molecular flexibility index (Phi) is 4.78. The van der Waals surface area contributed by atoms with Crippen molar-refractivity contribution in [2.24, 2.45) is 0 Å². The van der Waals surface area contributed by atoms with E-state index in [1.807, 2.05) is 6.07 Å². The van der Waals surface area contributed by atoms with Gasteiger partial charge in [0.15, 0.2) is 5.82 Å². The standard InChI is InChI=1S/C15H13ClFN5S/c16-13-6-5-10(8-19-13)9-23-15-21-20-14(22(15)18)7-11-3-1-2-4-12(11)17/h1-6,8H,7,9,18H2. The molecule has 3 rings (SSSR count). The molecular formula is C15H13ClFN5S. The Balaban J connectivity index is 1.69. The summed E-state index contributed by atoms with van der Waals surface area (Å²) in [6, 6.07) is 10.2. The highest BCUT2D eigenvalue weighted by atomic mass is 35.5. The van der Waals surface area contributed by atoms with Crippen LogP contribution in [0, 0.1) is 5.82 Å². The fourth-order valence-corrected chi connectivity index (χ4v) is 2.90. The second-order valence-corrected chi connectivity index (χ2v) is 6.14. The molecule has 0 radical (unpaired) electrons. The lowest BCUT2D eigenvalue weighted by Gasteiger charge is -2.05. The maximum Gasteiger partial charge on any atom is 0.210 e. The summed E-state index contributed by atoms with van der Waals surface area (Å²) in [6.07, 6.45) is 1.99. The van der Waals surface area contributed by atoms with Gasteiger partial charge in [-0.15, -0.1) is 10.2 Å². The van der Waals surface area contributed by atoms with Gasteiger partial charge >= 0.3 is 0 Å². The van der Waals surface area contributed by atoms with E-state index in [4.69, 9.17) is 17.4 Å². The molecule has 0 amide bonds. The number of rotatable bonds is 5. The molecule has 118 valence electrons. The number of hydrogen-bond acceptors (Lipinski definition) is 5. The fourth-order valence-electron chi connectivity index (χ4n) is 1.98. The van der Waals surface area contributed by atoms with Gasteiger partial charge in [0.2, 0.25) is 5.16 Å². The van der Waals surface area contributed by atoms with Crippen LogP contribution in [0.5, 0.6) is 0 Å². The van der Waals surface area contributed by atoms with Gasteiger partial charge in [-0.2, -0.15) is 0 Å². The van der Waals surface area contributed by atoms with Crippen molar-refractivity contribution in [3.05, 3.63) is 70.5 Å². The van der Waals surface area contributed by atoms with Crippen LogP contribution >= 0.6 is 23.4 Å². The fraction of sp³-hybridized carbons (Fsp3) is 0.133. The van der Waals surface area contributed by atoms with Crippen LogP contribution in [0.1, 0.15) is 17.0 Å². The molecule has 0 aliphatic carbocycles. The van der Waals surface area contributed by atoms with Crippen molar-refractivity contribution in [1.29, 1.82) is 0 Å². The first-order valence-electron chi connectivity index (χ1n) is 6.79. The summed E-state index contributed by atoms with van der Waals surface area (Å²) in [5.74, 6) is 6.86. The topological polar surface area (TPSA) is 69.6 Å². The Morgan fingerprint density at radius 3 is 2.74 bits per heavy atom. The molecule has 3 aromatic rings. The van der Waals surface area contributed by atoms with Crippen LogP contribution in [-0.2, 0) is 12.2 Å². The third kappa shape index (κ3) is 3.80. The van der Waals surface area contributed by atoms with Crippen molar-refractivity contribution in [2.75, 3.05) is 5.84 Å². The Morgan fingerprint density at radius 1 is 1.17 bits per heavy atom. The summed E-state index contributed by atoms with van der Waals surface area (Å²) in [5, 5.41) is 9.11. The molecule has 0 atom stereocenters. The highest BCUT2D eigenvalue weighted by Gasteiger charge is 2.12. The summed E-state index contributed by atoms with van der Waals surface area (Å²) in [6.45, 7) is 0. The Labute approximate surface area is 141 Å². The third-order valence-corrected chi connectivity index (χ3v) is 4.44.